The Morgan fingerprint density at radius 2 is 2.08 bits per heavy atom. The maximum atomic E-state index is 13.3. The molecule has 132 valence electrons. The van der Waals surface area contributed by atoms with Crippen molar-refractivity contribution in [2.75, 3.05) is 26.3 Å². The van der Waals surface area contributed by atoms with Gasteiger partial charge < -0.3 is 10.1 Å². The molecule has 3 aliphatic heterocycles. The predicted molar refractivity (Wildman–Crippen MR) is 92.2 cm³/mol. The Bertz CT molecular complexity index is 745. The third kappa shape index (κ3) is 2.60. The topological polar surface area (TPSA) is 58.6 Å². The molecule has 1 aromatic rings. The molecular formula is C18H26N2O3S. The number of nitrogens with one attached hydrogen (secondary N) is 1. The molecule has 1 aromatic carbocycles. The summed E-state index contributed by atoms with van der Waals surface area (Å²) in [5.74, 6) is 0.289. The van der Waals surface area contributed by atoms with E-state index < -0.39 is 10.0 Å². The Morgan fingerprint density at radius 3 is 2.92 bits per heavy atom. The monoisotopic (exact) mass is 350 g/mol. The van der Waals surface area contributed by atoms with Crippen LogP contribution < -0.4 is 5.32 Å². The Hall–Kier alpha value is -0.950. The summed E-state index contributed by atoms with van der Waals surface area (Å²) in [6.45, 7) is 7.87. The zero-order valence-electron chi connectivity index (χ0n) is 14.4. The molecule has 0 spiro atoms. The largest absolute Gasteiger partial charge is 0.379 e. The van der Waals surface area contributed by atoms with Gasteiger partial charge in [0, 0.05) is 19.0 Å². The molecule has 2 atom stereocenters. The average molecular weight is 350 g/mol. The van der Waals surface area contributed by atoms with Crippen LogP contribution in [-0.2, 0) is 27.7 Å². The fraction of sp³-hybridized carbons (Fsp3) is 0.667. The van der Waals surface area contributed by atoms with E-state index in [1.54, 1.807) is 10.4 Å². The third-order valence-corrected chi connectivity index (χ3v) is 7.75. The van der Waals surface area contributed by atoms with Crippen LogP contribution in [0.5, 0.6) is 0 Å². The van der Waals surface area contributed by atoms with Gasteiger partial charge in [-0.15, -0.1) is 0 Å². The first kappa shape index (κ1) is 16.5. The molecule has 3 aliphatic rings. The van der Waals surface area contributed by atoms with Crippen LogP contribution in [0.15, 0.2) is 23.1 Å². The number of ether oxygens (including phenoxy) is 1. The Balaban J connectivity index is 1.69. The molecule has 0 unspecified atom stereocenters. The number of sulfonamides is 1. The molecule has 0 aliphatic carbocycles. The minimum atomic E-state index is -3.48. The van der Waals surface area contributed by atoms with Gasteiger partial charge in [-0.05, 0) is 48.1 Å². The van der Waals surface area contributed by atoms with Crippen molar-refractivity contribution in [3.63, 3.8) is 0 Å². The highest BCUT2D eigenvalue weighted by Crippen LogP contribution is 2.45. The highest BCUT2D eigenvalue weighted by molar-refractivity contribution is 7.89. The Morgan fingerprint density at radius 1 is 1.25 bits per heavy atom. The van der Waals surface area contributed by atoms with Crippen LogP contribution in [0.4, 0.5) is 0 Å². The first-order valence-electron chi connectivity index (χ1n) is 8.82. The van der Waals surface area contributed by atoms with Crippen LogP contribution in [0.3, 0.4) is 0 Å². The molecule has 2 saturated heterocycles. The lowest BCUT2D eigenvalue weighted by Crippen LogP contribution is -2.38. The number of rotatable bonds is 2. The Labute approximate surface area is 144 Å². The minimum Gasteiger partial charge on any atom is -0.379 e. The average Bonchev–Trinajstić information content (AvgIpc) is 3.03. The summed E-state index contributed by atoms with van der Waals surface area (Å²) in [6.07, 6.45) is 1.98. The summed E-state index contributed by atoms with van der Waals surface area (Å²) >= 11 is 0. The fourth-order valence-electron chi connectivity index (χ4n) is 4.40. The van der Waals surface area contributed by atoms with E-state index in [0.717, 1.165) is 25.9 Å². The molecule has 0 saturated carbocycles. The van der Waals surface area contributed by atoms with Gasteiger partial charge in [0.15, 0.2) is 0 Å². The summed E-state index contributed by atoms with van der Waals surface area (Å²) in [6, 6.07) is 5.63. The van der Waals surface area contributed by atoms with Crippen LogP contribution in [0.2, 0.25) is 0 Å². The lowest BCUT2D eigenvalue weighted by atomic mass is 9.80. The van der Waals surface area contributed by atoms with Crippen molar-refractivity contribution in [2.24, 2.45) is 11.3 Å². The van der Waals surface area contributed by atoms with Gasteiger partial charge in [0.1, 0.15) is 0 Å². The van der Waals surface area contributed by atoms with Crippen LogP contribution >= 0.6 is 0 Å². The molecule has 0 aromatic heterocycles. The van der Waals surface area contributed by atoms with E-state index in [0.29, 0.717) is 24.7 Å². The second kappa shape index (κ2) is 5.80. The van der Waals surface area contributed by atoms with Crippen molar-refractivity contribution in [1.29, 1.82) is 0 Å². The zero-order valence-corrected chi connectivity index (χ0v) is 15.2. The van der Waals surface area contributed by atoms with Crippen LogP contribution in [0.1, 0.15) is 31.4 Å². The molecule has 24 heavy (non-hydrogen) atoms. The highest BCUT2D eigenvalue weighted by Gasteiger charge is 2.54. The summed E-state index contributed by atoms with van der Waals surface area (Å²) in [5, 5.41) is 3.38. The molecule has 4 rings (SSSR count). The van der Waals surface area contributed by atoms with Crippen molar-refractivity contribution in [2.45, 2.75) is 44.2 Å². The van der Waals surface area contributed by atoms with Crippen LogP contribution in [0.25, 0.3) is 0 Å². The summed E-state index contributed by atoms with van der Waals surface area (Å²) in [5.41, 5.74) is 2.35. The van der Waals surface area contributed by atoms with Gasteiger partial charge in [-0.2, -0.15) is 4.31 Å². The smallest absolute Gasteiger partial charge is 0.243 e. The van der Waals surface area contributed by atoms with E-state index in [4.69, 9.17) is 4.74 Å². The number of hydrogen-bond acceptors (Lipinski definition) is 4. The van der Waals surface area contributed by atoms with E-state index in [1.807, 2.05) is 12.1 Å². The van der Waals surface area contributed by atoms with Crippen molar-refractivity contribution in [3.05, 3.63) is 29.3 Å². The first-order chi connectivity index (χ1) is 11.4. The fourth-order valence-corrected chi connectivity index (χ4v) is 6.27. The normalized spacial score (nSPS) is 29.9. The van der Waals surface area contributed by atoms with Gasteiger partial charge >= 0.3 is 0 Å². The molecular weight excluding hydrogens is 324 g/mol. The molecule has 1 N–H and O–H groups in total. The van der Waals surface area contributed by atoms with E-state index in [2.05, 4.69) is 19.2 Å². The van der Waals surface area contributed by atoms with Gasteiger partial charge in [0.2, 0.25) is 10.0 Å². The highest BCUT2D eigenvalue weighted by atomic mass is 32.2. The first-order valence-corrected chi connectivity index (χ1v) is 10.3. The summed E-state index contributed by atoms with van der Waals surface area (Å²) < 4.78 is 33.9. The van der Waals surface area contributed by atoms with Gasteiger partial charge in [0.25, 0.3) is 0 Å². The maximum absolute atomic E-state index is 13.3. The van der Waals surface area contributed by atoms with Crippen molar-refractivity contribution in [1.82, 2.24) is 9.62 Å². The summed E-state index contributed by atoms with van der Waals surface area (Å²) in [7, 11) is -3.48. The molecule has 3 heterocycles. The van der Waals surface area contributed by atoms with Gasteiger partial charge in [-0.25, -0.2) is 8.42 Å². The number of fused-ring (bicyclic) bond motifs is 2. The van der Waals surface area contributed by atoms with Crippen molar-refractivity contribution < 1.29 is 13.2 Å². The zero-order chi connectivity index (χ0) is 16.9. The number of nitrogens with zero attached hydrogens (tertiary/aromatic N) is 1. The quantitative estimate of drug-likeness (QED) is 0.883. The summed E-state index contributed by atoms with van der Waals surface area (Å²) in [4.78, 5) is 0.437. The lowest BCUT2D eigenvalue weighted by molar-refractivity contribution is 0.137. The second-order valence-corrected chi connectivity index (χ2v) is 9.85. The number of benzene rings is 1. The second-order valence-electron chi connectivity index (χ2n) is 7.96. The number of hydrogen-bond donors (Lipinski definition) is 1. The lowest BCUT2D eigenvalue weighted by Gasteiger charge is -2.24. The molecule has 5 nitrogen and oxygen atoms in total. The Kier molecular flexibility index (Phi) is 3.99. The van der Waals surface area contributed by atoms with E-state index in [1.165, 1.54) is 11.1 Å². The van der Waals surface area contributed by atoms with Crippen molar-refractivity contribution in [3.8, 4) is 0 Å². The third-order valence-electron chi connectivity index (χ3n) is 5.89. The molecule has 0 radical (unpaired) electrons. The molecule has 6 heteroatoms. The van der Waals surface area contributed by atoms with E-state index >= 15 is 0 Å². The maximum Gasteiger partial charge on any atom is 0.243 e. The van der Waals surface area contributed by atoms with Gasteiger partial charge in [-0.1, -0.05) is 19.9 Å². The SMILES string of the molecule is CC1(C)CN(S(=O)(=O)c2ccc3c(c2)CCCNC3)[C@@H]2COC[C@@H]21. The van der Waals surface area contributed by atoms with Crippen LogP contribution in [-0.4, -0.2) is 45.1 Å². The van der Waals surface area contributed by atoms with Crippen molar-refractivity contribution >= 4 is 10.0 Å². The van der Waals surface area contributed by atoms with E-state index in [9.17, 15) is 8.42 Å². The van der Waals surface area contributed by atoms with Gasteiger partial charge in [0.05, 0.1) is 24.2 Å². The predicted octanol–water partition coefficient (Wildman–Crippen LogP) is 1.77. The standard InChI is InChI=1S/C18H26N2O3S/c1-18(2)12-20(17-11-23-10-16(17)18)24(21,22)15-6-5-14-9-19-7-3-4-13(14)8-15/h5-6,8,16-17,19H,3-4,7,9-12H2,1-2H3/t16-,17+/m0/s1. The molecule has 0 amide bonds. The molecule has 0 bridgehead atoms. The van der Waals surface area contributed by atoms with E-state index in [-0.39, 0.29) is 17.4 Å². The number of aryl methyl sites for hydroxylation is 1. The minimum absolute atomic E-state index is 0.0227. The molecule has 2 fully saturated rings. The van der Waals surface area contributed by atoms with Gasteiger partial charge in [-0.3, -0.25) is 0 Å². The van der Waals surface area contributed by atoms with Crippen LogP contribution in [0, 0.1) is 11.3 Å².